The van der Waals surface area contributed by atoms with Gasteiger partial charge in [0, 0.05) is 0 Å². The third kappa shape index (κ3) is 3.32. The summed E-state index contributed by atoms with van der Waals surface area (Å²) in [6, 6.07) is 8.19. The van der Waals surface area contributed by atoms with Gasteiger partial charge >= 0.3 is 5.97 Å². The van der Waals surface area contributed by atoms with Crippen molar-refractivity contribution in [1.82, 2.24) is 0 Å². The molecule has 0 unspecified atom stereocenters. The predicted molar refractivity (Wildman–Crippen MR) is 59.4 cm³/mol. The van der Waals surface area contributed by atoms with Crippen LogP contribution in [0.15, 0.2) is 36.4 Å². The van der Waals surface area contributed by atoms with Crippen molar-refractivity contribution >= 4 is 5.97 Å². The summed E-state index contributed by atoms with van der Waals surface area (Å²) in [7, 11) is 0. The first-order valence-electron chi connectivity index (χ1n) is 4.56. The molecule has 16 heavy (non-hydrogen) atoms. The van der Waals surface area contributed by atoms with Crippen LogP contribution in [0.2, 0.25) is 0 Å². The Labute approximate surface area is 94.0 Å². The van der Waals surface area contributed by atoms with Crippen LogP contribution < -0.4 is 0 Å². The number of terminal acetylenes is 1. The van der Waals surface area contributed by atoms with Crippen molar-refractivity contribution in [1.29, 1.82) is 5.26 Å². The first-order chi connectivity index (χ1) is 7.77. The number of benzene rings is 1. The highest BCUT2D eigenvalue weighted by Gasteiger charge is 2.05. The number of ether oxygens (including phenoxy) is 1. The van der Waals surface area contributed by atoms with Gasteiger partial charge in [0.2, 0.25) is 0 Å². The Morgan fingerprint density at radius 3 is 2.69 bits per heavy atom. The second kappa shape index (κ2) is 6.06. The average molecular weight is 211 g/mol. The first kappa shape index (κ1) is 11.6. The van der Waals surface area contributed by atoms with E-state index in [9.17, 15) is 4.79 Å². The fraction of sp³-hybridized carbons (Fsp3) is 0.0769. The van der Waals surface area contributed by atoms with Crippen LogP contribution >= 0.6 is 0 Å². The van der Waals surface area contributed by atoms with Gasteiger partial charge in [0.15, 0.2) is 0 Å². The van der Waals surface area contributed by atoms with Crippen molar-refractivity contribution in [2.24, 2.45) is 0 Å². The number of rotatable bonds is 3. The maximum Gasteiger partial charge on any atom is 0.338 e. The lowest BCUT2D eigenvalue weighted by molar-refractivity contribution is 0.0549. The number of nitrogens with zero attached hydrogens (tertiary/aromatic N) is 1. The molecule has 1 aromatic rings. The Kier molecular flexibility index (Phi) is 4.37. The molecule has 0 spiro atoms. The summed E-state index contributed by atoms with van der Waals surface area (Å²) in [5, 5.41) is 8.57. The zero-order chi connectivity index (χ0) is 11.8. The van der Waals surface area contributed by atoms with Crippen LogP contribution in [0.5, 0.6) is 0 Å². The Bertz CT molecular complexity index is 472. The van der Waals surface area contributed by atoms with Crippen LogP contribution in [-0.4, -0.2) is 12.6 Å². The number of carbonyl (C=O) groups is 1. The molecule has 1 aromatic carbocycles. The molecule has 0 atom stereocenters. The summed E-state index contributed by atoms with van der Waals surface area (Å²) in [6.07, 6.45) is 8.02. The number of nitriles is 1. The van der Waals surface area contributed by atoms with Crippen molar-refractivity contribution < 1.29 is 9.53 Å². The van der Waals surface area contributed by atoms with Crippen LogP contribution in [0.1, 0.15) is 15.9 Å². The normalized spacial score (nSPS) is 9.38. The molecule has 0 saturated heterocycles. The van der Waals surface area contributed by atoms with E-state index in [0.29, 0.717) is 11.1 Å². The lowest BCUT2D eigenvalue weighted by Crippen LogP contribution is -2.04. The monoisotopic (exact) mass is 211 g/mol. The lowest BCUT2D eigenvalue weighted by Gasteiger charge is -2.01. The van der Waals surface area contributed by atoms with Crippen LogP contribution in [0.25, 0.3) is 0 Å². The molecule has 0 aliphatic rings. The van der Waals surface area contributed by atoms with Crippen molar-refractivity contribution in [3.05, 3.63) is 47.5 Å². The maximum atomic E-state index is 11.4. The molecule has 0 aromatic heterocycles. The minimum Gasteiger partial charge on any atom is -0.458 e. The number of allylic oxidation sites excluding steroid dienone is 1. The van der Waals surface area contributed by atoms with E-state index >= 15 is 0 Å². The Hall–Kier alpha value is -2.52. The van der Waals surface area contributed by atoms with Crippen LogP contribution in [0, 0.1) is 23.7 Å². The van der Waals surface area contributed by atoms with Crippen molar-refractivity contribution in [3.63, 3.8) is 0 Å². The quantitative estimate of drug-likeness (QED) is 0.566. The van der Waals surface area contributed by atoms with Crippen LogP contribution in [0.4, 0.5) is 0 Å². The van der Waals surface area contributed by atoms with E-state index in [1.165, 1.54) is 6.08 Å². The zero-order valence-electron chi connectivity index (χ0n) is 8.51. The van der Waals surface area contributed by atoms with Crippen molar-refractivity contribution in [3.8, 4) is 18.4 Å². The number of hydrogen-bond acceptors (Lipinski definition) is 3. The highest BCUT2D eigenvalue weighted by molar-refractivity contribution is 5.89. The van der Waals surface area contributed by atoms with Gasteiger partial charge < -0.3 is 4.74 Å². The molecule has 3 nitrogen and oxygen atoms in total. The topological polar surface area (TPSA) is 50.1 Å². The molecule has 0 heterocycles. The molecule has 3 heteroatoms. The molecule has 0 aliphatic heterocycles. The Balaban J connectivity index is 2.57. The largest absolute Gasteiger partial charge is 0.458 e. The summed E-state index contributed by atoms with van der Waals surface area (Å²) in [5.74, 6) is 1.85. The maximum absolute atomic E-state index is 11.4. The molecule has 0 saturated carbocycles. The van der Waals surface area contributed by atoms with Gasteiger partial charge in [-0.2, -0.15) is 5.26 Å². The molecular formula is C13H9NO2. The number of carbonyl (C=O) groups excluding carboxylic acids is 1. The van der Waals surface area contributed by atoms with E-state index in [2.05, 4.69) is 5.92 Å². The summed E-state index contributed by atoms with van der Waals surface area (Å²) in [6.45, 7) is 0.142. The zero-order valence-corrected chi connectivity index (χ0v) is 8.51. The summed E-state index contributed by atoms with van der Waals surface area (Å²) < 4.78 is 4.90. The smallest absolute Gasteiger partial charge is 0.338 e. The van der Waals surface area contributed by atoms with Crippen LogP contribution in [0.3, 0.4) is 0 Å². The fourth-order valence-corrected chi connectivity index (χ4v) is 1.00. The van der Waals surface area contributed by atoms with Crippen molar-refractivity contribution in [2.45, 2.75) is 0 Å². The van der Waals surface area contributed by atoms with E-state index < -0.39 is 5.97 Å². The second-order valence-electron chi connectivity index (χ2n) is 2.86. The standard InChI is InChI=1S/C13H9NO2/c1-2-3-4-9-16-13(15)12-7-5-11(10-14)6-8-12/h1,3-8H,9H2. The Morgan fingerprint density at radius 1 is 1.44 bits per heavy atom. The highest BCUT2D eigenvalue weighted by atomic mass is 16.5. The molecule has 0 N–H and O–H groups in total. The average Bonchev–Trinajstić information content (AvgIpc) is 2.34. The van der Waals surface area contributed by atoms with E-state index in [4.69, 9.17) is 16.4 Å². The molecule has 0 radical (unpaired) electrons. The fourth-order valence-electron chi connectivity index (χ4n) is 1.00. The van der Waals surface area contributed by atoms with Gasteiger partial charge in [-0.1, -0.05) is 5.92 Å². The van der Waals surface area contributed by atoms with Gasteiger partial charge in [-0.25, -0.2) is 4.79 Å². The van der Waals surface area contributed by atoms with E-state index in [0.717, 1.165) is 0 Å². The molecule has 78 valence electrons. The SMILES string of the molecule is C#CC=CCOC(=O)c1ccc(C#N)cc1. The van der Waals surface area contributed by atoms with Crippen LogP contribution in [-0.2, 0) is 4.74 Å². The van der Waals surface area contributed by atoms with Gasteiger partial charge in [0.05, 0.1) is 17.2 Å². The minimum atomic E-state index is -0.439. The van der Waals surface area contributed by atoms with Crippen molar-refractivity contribution in [2.75, 3.05) is 6.61 Å². The van der Waals surface area contributed by atoms with E-state index in [-0.39, 0.29) is 6.61 Å². The summed E-state index contributed by atoms with van der Waals surface area (Å²) in [5.41, 5.74) is 0.914. The molecule has 0 bridgehead atoms. The van der Waals surface area contributed by atoms with Gasteiger partial charge in [-0.3, -0.25) is 0 Å². The van der Waals surface area contributed by atoms with Gasteiger partial charge in [-0.05, 0) is 36.4 Å². The third-order valence-electron chi connectivity index (χ3n) is 1.77. The molecular weight excluding hydrogens is 202 g/mol. The summed E-state index contributed by atoms with van der Waals surface area (Å²) >= 11 is 0. The van der Waals surface area contributed by atoms with E-state index in [1.807, 2.05) is 6.07 Å². The highest BCUT2D eigenvalue weighted by Crippen LogP contribution is 2.04. The molecule has 1 rings (SSSR count). The molecule has 0 amide bonds. The lowest BCUT2D eigenvalue weighted by atomic mass is 10.1. The predicted octanol–water partition coefficient (Wildman–Crippen LogP) is 1.90. The third-order valence-corrected chi connectivity index (χ3v) is 1.77. The summed E-state index contributed by atoms with van der Waals surface area (Å²) in [4.78, 5) is 11.4. The molecule has 0 aliphatic carbocycles. The van der Waals surface area contributed by atoms with E-state index in [1.54, 1.807) is 30.3 Å². The van der Waals surface area contributed by atoms with Gasteiger partial charge in [-0.15, -0.1) is 6.42 Å². The number of hydrogen-bond donors (Lipinski definition) is 0. The van der Waals surface area contributed by atoms with Gasteiger partial charge in [0.25, 0.3) is 0 Å². The number of esters is 1. The Morgan fingerprint density at radius 2 is 2.12 bits per heavy atom. The minimum absolute atomic E-state index is 0.142. The molecule has 0 fully saturated rings. The second-order valence-corrected chi connectivity index (χ2v) is 2.86. The van der Waals surface area contributed by atoms with Gasteiger partial charge in [0.1, 0.15) is 6.61 Å². The first-order valence-corrected chi connectivity index (χ1v) is 4.56.